The number of aromatic nitrogens is 2. The lowest BCUT2D eigenvalue weighted by atomic mass is 10.2. The van der Waals surface area contributed by atoms with E-state index in [-0.39, 0.29) is 0 Å². The number of nitrogens with zero attached hydrogens (tertiary/aromatic N) is 2. The molecule has 0 spiro atoms. The van der Waals surface area contributed by atoms with Crippen molar-refractivity contribution in [2.75, 3.05) is 11.9 Å². The molecule has 0 fully saturated rings. The Morgan fingerprint density at radius 1 is 1.12 bits per heavy atom. The summed E-state index contributed by atoms with van der Waals surface area (Å²) in [7, 11) is 0. The van der Waals surface area contributed by atoms with Gasteiger partial charge in [-0.1, -0.05) is 12.1 Å². The van der Waals surface area contributed by atoms with E-state index >= 15 is 0 Å². The molecule has 0 saturated heterocycles. The number of anilines is 1. The Balaban J connectivity index is 1.52. The molecule has 3 rings (SSSR count). The first-order valence-corrected chi connectivity index (χ1v) is 8.93. The average Bonchev–Trinajstić information content (AvgIpc) is 3.08. The number of aryl methyl sites for hydroxylation is 1. The highest BCUT2D eigenvalue weighted by molar-refractivity contribution is 7.80. The SMILES string of the molecule is CCOc1ccc(NC(=S)NCc2ccc(-n3ccnc3C)cc2)cc1. The van der Waals surface area contributed by atoms with E-state index in [1.54, 1.807) is 6.20 Å². The van der Waals surface area contributed by atoms with E-state index in [9.17, 15) is 0 Å². The molecule has 26 heavy (non-hydrogen) atoms. The number of hydrogen-bond acceptors (Lipinski definition) is 3. The average molecular weight is 366 g/mol. The van der Waals surface area contributed by atoms with Crippen LogP contribution in [0, 0.1) is 6.92 Å². The van der Waals surface area contributed by atoms with Gasteiger partial charge in [0.25, 0.3) is 0 Å². The number of thiocarbonyl (C=S) groups is 1. The van der Waals surface area contributed by atoms with Crippen molar-refractivity contribution in [1.82, 2.24) is 14.9 Å². The van der Waals surface area contributed by atoms with E-state index in [1.165, 1.54) is 0 Å². The number of nitrogens with one attached hydrogen (secondary N) is 2. The van der Waals surface area contributed by atoms with Crippen LogP contribution in [0.15, 0.2) is 60.9 Å². The maximum Gasteiger partial charge on any atom is 0.171 e. The maximum absolute atomic E-state index is 5.43. The van der Waals surface area contributed by atoms with Crippen LogP contribution in [0.25, 0.3) is 5.69 Å². The fourth-order valence-corrected chi connectivity index (χ4v) is 2.77. The zero-order valence-corrected chi connectivity index (χ0v) is 15.7. The zero-order chi connectivity index (χ0) is 18.4. The predicted octanol–water partition coefficient (Wildman–Crippen LogP) is 4.07. The minimum absolute atomic E-state index is 0.587. The molecule has 134 valence electrons. The summed E-state index contributed by atoms with van der Waals surface area (Å²) in [6.45, 7) is 5.27. The van der Waals surface area contributed by atoms with E-state index in [0.717, 1.165) is 28.5 Å². The van der Waals surface area contributed by atoms with Crippen LogP contribution in [0.4, 0.5) is 5.69 Å². The summed E-state index contributed by atoms with van der Waals surface area (Å²) >= 11 is 5.36. The molecule has 0 unspecified atom stereocenters. The third-order valence-electron chi connectivity index (χ3n) is 3.92. The summed E-state index contributed by atoms with van der Waals surface area (Å²) in [5.74, 6) is 1.82. The molecule has 6 heteroatoms. The largest absolute Gasteiger partial charge is 0.494 e. The summed E-state index contributed by atoms with van der Waals surface area (Å²) in [5.41, 5.74) is 3.18. The molecule has 0 amide bonds. The van der Waals surface area contributed by atoms with E-state index in [4.69, 9.17) is 17.0 Å². The monoisotopic (exact) mass is 366 g/mol. The molecule has 0 atom stereocenters. The fourth-order valence-electron chi connectivity index (χ4n) is 2.58. The highest BCUT2D eigenvalue weighted by Crippen LogP contribution is 2.16. The Kier molecular flexibility index (Phi) is 5.86. The molecule has 0 aliphatic rings. The van der Waals surface area contributed by atoms with Crippen molar-refractivity contribution in [3.05, 3.63) is 72.3 Å². The van der Waals surface area contributed by atoms with Crippen LogP contribution < -0.4 is 15.4 Å². The van der Waals surface area contributed by atoms with Crippen LogP contribution in [0.2, 0.25) is 0 Å². The lowest BCUT2D eigenvalue weighted by molar-refractivity contribution is 0.340. The van der Waals surface area contributed by atoms with Gasteiger partial charge in [0.15, 0.2) is 5.11 Å². The van der Waals surface area contributed by atoms with Gasteiger partial charge in [-0.25, -0.2) is 4.98 Å². The Labute approximate surface area is 159 Å². The van der Waals surface area contributed by atoms with Gasteiger partial charge < -0.3 is 19.9 Å². The smallest absolute Gasteiger partial charge is 0.171 e. The zero-order valence-electron chi connectivity index (χ0n) is 14.9. The first-order chi connectivity index (χ1) is 12.7. The van der Waals surface area contributed by atoms with Crippen molar-refractivity contribution in [1.29, 1.82) is 0 Å². The van der Waals surface area contributed by atoms with E-state index < -0.39 is 0 Å². The van der Waals surface area contributed by atoms with Gasteiger partial charge in [-0.3, -0.25) is 0 Å². The number of hydrogen-bond donors (Lipinski definition) is 2. The summed E-state index contributed by atoms with van der Waals surface area (Å²) in [4.78, 5) is 4.25. The first kappa shape index (κ1) is 17.9. The van der Waals surface area contributed by atoms with Gasteiger partial charge in [0.2, 0.25) is 0 Å². The summed E-state index contributed by atoms with van der Waals surface area (Å²) < 4.78 is 7.48. The Morgan fingerprint density at radius 2 is 1.85 bits per heavy atom. The minimum Gasteiger partial charge on any atom is -0.494 e. The summed E-state index contributed by atoms with van der Waals surface area (Å²) in [6, 6.07) is 16.1. The molecule has 2 aromatic carbocycles. The van der Waals surface area contributed by atoms with Gasteiger partial charge in [0, 0.05) is 30.3 Å². The van der Waals surface area contributed by atoms with Crippen molar-refractivity contribution < 1.29 is 4.74 Å². The molecule has 1 aromatic heterocycles. The standard InChI is InChI=1S/C20H22N4OS/c1-3-25-19-10-6-17(7-11-19)23-20(26)22-14-16-4-8-18(9-5-16)24-13-12-21-15(24)2/h4-13H,3,14H2,1-2H3,(H2,22,23,26). The second-order valence-corrected chi connectivity index (χ2v) is 6.18. The molecule has 0 aliphatic heterocycles. The van der Waals surface area contributed by atoms with Crippen molar-refractivity contribution in [3.63, 3.8) is 0 Å². The number of rotatable bonds is 6. The topological polar surface area (TPSA) is 51.1 Å². The van der Waals surface area contributed by atoms with Crippen LogP contribution in [-0.2, 0) is 6.54 Å². The number of imidazole rings is 1. The summed E-state index contributed by atoms with van der Waals surface area (Å²) in [5, 5.41) is 6.98. The maximum atomic E-state index is 5.43. The lowest BCUT2D eigenvalue weighted by Gasteiger charge is -2.12. The van der Waals surface area contributed by atoms with Crippen molar-refractivity contribution in [2.45, 2.75) is 20.4 Å². The molecule has 2 N–H and O–H groups in total. The predicted molar refractivity (Wildman–Crippen MR) is 109 cm³/mol. The van der Waals surface area contributed by atoms with Gasteiger partial charge in [0.1, 0.15) is 11.6 Å². The normalized spacial score (nSPS) is 10.4. The molecule has 0 aliphatic carbocycles. The Bertz CT molecular complexity index is 856. The molecule has 0 radical (unpaired) electrons. The van der Waals surface area contributed by atoms with Crippen molar-refractivity contribution in [2.24, 2.45) is 0 Å². The molecule has 1 heterocycles. The van der Waals surface area contributed by atoms with Gasteiger partial charge in [0.05, 0.1) is 6.61 Å². The third kappa shape index (κ3) is 4.61. The van der Waals surface area contributed by atoms with Crippen molar-refractivity contribution in [3.8, 4) is 11.4 Å². The van der Waals surface area contributed by atoms with E-state index in [1.807, 2.05) is 44.3 Å². The van der Waals surface area contributed by atoms with Crippen LogP contribution in [0.5, 0.6) is 5.75 Å². The molecule has 0 saturated carbocycles. The van der Waals surface area contributed by atoms with Gasteiger partial charge >= 0.3 is 0 Å². The van der Waals surface area contributed by atoms with Gasteiger partial charge in [-0.2, -0.15) is 0 Å². The first-order valence-electron chi connectivity index (χ1n) is 8.52. The van der Waals surface area contributed by atoms with Gasteiger partial charge in [-0.05, 0) is 68.0 Å². The number of ether oxygens (including phenoxy) is 1. The van der Waals surface area contributed by atoms with Crippen LogP contribution in [0.3, 0.4) is 0 Å². The van der Waals surface area contributed by atoms with E-state index in [2.05, 4.69) is 44.5 Å². The van der Waals surface area contributed by atoms with Crippen LogP contribution in [-0.4, -0.2) is 21.3 Å². The molecule has 5 nitrogen and oxygen atoms in total. The second kappa shape index (κ2) is 8.49. The van der Waals surface area contributed by atoms with Gasteiger partial charge in [-0.15, -0.1) is 0 Å². The molecule has 0 bridgehead atoms. The highest BCUT2D eigenvalue weighted by atomic mass is 32.1. The molecular weight excluding hydrogens is 344 g/mol. The Hall–Kier alpha value is -2.86. The van der Waals surface area contributed by atoms with E-state index in [0.29, 0.717) is 18.3 Å². The highest BCUT2D eigenvalue weighted by Gasteiger charge is 2.02. The third-order valence-corrected chi connectivity index (χ3v) is 4.16. The quantitative estimate of drug-likeness (QED) is 0.644. The number of benzene rings is 2. The minimum atomic E-state index is 0.587. The van der Waals surface area contributed by atoms with Crippen LogP contribution in [0.1, 0.15) is 18.3 Å². The Morgan fingerprint density at radius 3 is 2.46 bits per heavy atom. The fraction of sp³-hybridized carbons (Fsp3) is 0.200. The lowest BCUT2D eigenvalue weighted by Crippen LogP contribution is -2.27. The second-order valence-electron chi connectivity index (χ2n) is 5.78. The summed E-state index contributed by atoms with van der Waals surface area (Å²) in [6.07, 6.45) is 3.76. The van der Waals surface area contributed by atoms with Crippen LogP contribution >= 0.6 is 12.2 Å². The molecular formula is C20H22N4OS. The molecule has 3 aromatic rings. The van der Waals surface area contributed by atoms with Crippen molar-refractivity contribution >= 4 is 23.0 Å².